The Balaban J connectivity index is 1.55. The molecule has 0 fully saturated rings. The number of benzene rings is 2. The van der Waals surface area contributed by atoms with Crippen molar-refractivity contribution in [2.24, 2.45) is 0 Å². The summed E-state index contributed by atoms with van der Waals surface area (Å²) in [6.45, 7) is 1.42. The molecule has 170 valence electrons. The summed E-state index contributed by atoms with van der Waals surface area (Å²) in [4.78, 5) is 20.6. The Kier molecular flexibility index (Phi) is 7.62. The quantitative estimate of drug-likeness (QED) is 0.429. The second-order valence-electron chi connectivity index (χ2n) is 7.09. The Morgan fingerprint density at radius 1 is 1.06 bits per heavy atom. The Bertz CT molecular complexity index is 1130. The van der Waals surface area contributed by atoms with Gasteiger partial charge in [-0.1, -0.05) is 30.3 Å². The fourth-order valence-corrected chi connectivity index (χ4v) is 3.61. The predicted octanol–water partition coefficient (Wildman–Crippen LogP) is 3.05. The number of carbonyl (C=O) groups excluding carboxylic acids is 1. The van der Waals surface area contributed by atoms with Crippen molar-refractivity contribution in [1.29, 1.82) is 0 Å². The van der Waals surface area contributed by atoms with E-state index >= 15 is 0 Å². The van der Waals surface area contributed by atoms with Crippen LogP contribution in [0.5, 0.6) is 5.75 Å². The zero-order chi connectivity index (χ0) is 23.1. The summed E-state index contributed by atoms with van der Waals surface area (Å²) in [6.07, 6.45) is 2.18. The van der Waals surface area contributed by atoms with Crippen LogP contribution in [0.25, 0.3) is 11.5 Å². The van der Waals surface area contributed by atoms with E-state index in [4.69, 9.17) is 14.0 Å². The highest BCUT2D eigenvalue weighted by atomic mass is 32.2. The summed E-state index contributed by atoms with van der Waals surface area (Å²) in [5.41, 5.74) is 2.33. The molecule has 0 aliphatic carbocycles. The first kappa shape index (κ1) is 23.5. The highest BCUT2D eigenvalue weighted by molar-refractivity contribution is 7.86. The van der Waals surface area contributed by atoms with E-state index in [0.717, 1.165) is 22.5 Å². The summed E-state index contributed by atoms with van der Waals surface area (Å²) in [6, 6.07) is 16.5. The maximum Gasteiger partial charge on any atom is 0.323 e. The maximum atomic E-state index is 12.3. The molecule has 9 nitrogen and oxygen atoms in total. The molecule has 0 aliphatic rings. The summed E-state index contributed by atoms with van der Waals surface area (Å²) >= 11 is 0. The molecule has 3 aromatic rings. The van der Waals surface area contributed by atoms with Crippen LogP contribution in [-0.2, 0) is 32.8 Å². The van der Waals surface area contributed by atoms with Gasteiger partial charge in [0.25, 0.3) is 0 Å². The van der Waals surface area contributed by atoms with Gasteiger partial charge >= 0.3 is 16.2 Å². The van der Waals surface area contributed by atoms with Crippen LogP contribution in [0.3, 0.4) is 0 Å². The van der Waals surface area contributed by atoms with Gasteiger partial charge in [0.05, 0.1) is 18.8 Å². The molecule has 1 heterocycles. The molecular weight excluding hydrogens is 434 g/mol. The van der Waals surface area contributed by atoms with Gasteiger partial charge in [-0.05, 0) is 34.3 Å². The molecule has 0 unspecified atom stereocenters. The topological polar surface area (TPSA) is 102 Å². The van der Waals surface area contributed by atoms with Gasteiger partial charge in [0, 0.05) is 33.0 Å². The highest BCUT2D eigenvalue weighted by Gasteiger charge is 2.28. The van der Waals surface area contributed by atoms with Crippen molar-refractivity contribution in [2.75, 3.05) is 20.7 Å². The number of oxazole rings is 1. The van der Waals surface area contributed by atoms with Crippen molar-refractivity contribution in [3.8, 4) is 17.2 Å². The third kappa shape index (κ3) is 6.16. The van der Waals surface area contributed by atoms with E-state index in [9.17, 15) is 13.2 Å². The lowest BCUT2D eigenvalue weighted by molar-refractivity contribution is -0.168. The fraction of sp³-hybridized carbons (Fsp3) is 0.273. The predicted molar refractivity (Wildman–Crippen MR) is 117 cm³/mol. The van der Waals surface area contributed by atoms with Crippen LogP contribution in [0.4, 0.5) is 0 Å². The number of aromatic nitrogens is 1. The van der Waals surface area contributed by atoms with E-state index in [-0.39, 0.29) is 6.54 Å². The van der Waals surface area contributed by atoms with Gasteiger partial charge in [-0.2, -0.15) is 12.7 Å². The van der Waals surface area contributed by atoms with Gasteiger partial charge in [-0.15, -0.1) is 0 Å². The van der Waals surface area contributed by atoms with E-state index in [0.29, 0.717) is 34.7 Å². The molecule has 0 saturated carbocycles. The van der Waals surface area contributed by atoms with Gasteiger partial charge in [-0.3, -0.25) is 4.79 Å². The second-order valence-corrected chi connectivity index (χ2v) is 9.12. The number of carbonyl (C=O) groups is 1. The zero-order valence-corrected chi connectivity index (χ0v) is 18.9. The van der Waals surface area contributed by atoms with Crippen molar-refractivity contribution < 1.29 is 27.2 Å². The molecule has 1 aromatic heterocycles. The van der Waals surface area contributed by atoms with Crippen molar-refractivity contribution in [3.63, 3.8) is 0 Å². The zero-order valence-electron chi connectivity index (χ0n) is 18.1. The first-order chi connectivity index (χ1) is 15.3. The first-order valence-electron chi connectivity index (χ1n) is 9.86. The molecule has 0 amide bonds. The van der Waals surface area contributed by atoms with E-state index in [2.05, 4.69) is 4.98 Å². The van der Waals surface area contributed by atoms with Crippen molar-refractivity contribution in [2.45, 2.75) is 19.9 Å². The number of hydroxylamine groups is 1. The molecule has 10 heteroatoms. The van der Waals surface area contributed by atoms with Gasteiger partial charge < -0.3 is 14.0 Å². The van der Waals surface area contributed by atoms with Crippen LogP contribution in [0.1, 0.15) is 18.2 Å². The standard InChI is InChI=1S/C22H25N3O6S/c1-17(26)31-25(32(27,28)24(2)3)15-18-9-11-21(12-10-18)29-14-13-20-16-30-22(23-20)19-7-5-4-6-8-19/h4-12,16H,13-15H2,1-3H3. The minimum absolute atomic E-state index is 0.123. The third-order valence-electron chi connectivity index (χ3n) is 4.38. The molecule has 0 aliphatic heterocycles. The van der Waals surface area contributed by atoms with Gasteiger partial charge in [-0.25, -0.2) is 4.98 Å². The average molecular weight is 460 g/mol. The molecule has 0 saturated heterocycles. The van der Waals surface area contributed by atoms with Crippen LogP contribution in [0.2, 0.25) is 0 Å². The second kappa shape index (κ2) is 10.4. The number of ether oxygens (including phenoxy) is 1. The van der Waals surface area contributed by atoms with E-state index in [1.54, 1.807) is 30.5 Å². The molecule has 2 aromatic carbocycles. The lowest BCUT2D eigenvalue weighted by Crippen LogP contribution is -2.40. The Labute approximate surface area is 187 Å². The summed E-state index contributed by atoms with van der Waals surface area (Å²) in [5.74, 6) is 0.462. The molecule has 0 spiro atoms. The number of hydrogen-bond acceptors (Lipinski definition) is 7. The molecule has 3 rings (SSSR count). The monoisotopic (exact) mass is 459 g/mol. The molecule has 0 N–H and O–H groups in total. The Morgan fingerprint density at radius 2 is 1.75 bits per heavy atom. The number of hydrogen-bond donors (Lipinski definition) is 0. The molecule has 32 heavy (non-hydrogen) atoms. The number of rotatable bonds is 10. The smallest absolute Gasteiger partial charge is 0.323 e. The lowest BCUT2D eigenvalue weighted by Gasteiger charge is -2.23. The molecule has 0 radical (unpaired) electrons. The van der Waals surface area contributed by atoms with Gasteiger partial charge in [0.15, 0.2) is 0 Å². The normalized spacial score (nSPS) is 11.7. The Morgan fingerprint density at radius 3 is 2.38 bits per heavy atom. The maximum absolute atomic E-state index is 12.3. The van der Waals surface area contributed by atoms with Crippen molar-refractivity contribution >= 4 is 16.2 Å². The van der Waals surface area contributed by atoms with Gasteiger partial charge in [0.2, 0.25) is 5.89 Å². The molecular formula is C22H25N3O6S. The van der Waals surface area contributed by atoms with Crippen molar-refractivity contribution in [1.82, 2.24) is 13.8 Å². The lowest BCUT2D eigenvalue weighted by atomic mass is 10.2. The highest BCUT2D eigenvalue weighted by Crippen LogP contribution is 2.19. The van der Waals surface area contributed by atoms with Crippen LogP contribution in [0, 0.1) is 0 Å². The molecule has 0 atom stereocenters. The summed E-state index contributed by atoms with van der Waals surface area (Å²) in [5, 5.41) is 0. The van der Waals surface area contributed by atoms with Crippen LogP contribution in [-0.4, -0.2) is 48.8 Å². The van der Waals surface area contributed by atoms with Crippen LogP contribution >= 0.6 is 0 Å². The summed E-state index contributed by atoms with van der Waals surface area (Å²) in [7, 11) is -1.21. The average Bonchev–Trinajstić information content (AvgIpc) is 3.23. The first-order valence-corrected chi connectivity index (χ1v) is 11.3. The Hall–Kier alpha value is -3.21. The third-order valence-corrected chi connectivity index (χ3v) is 6.02. The van der Waals surface area contributed by atoms with E-state index in [1.165, 1.54) is 14.1 Å². The molecule has 0 bridgehead atoms. The fourth-order valence-electron chi connectivity index (χ4n) is 2.74. The van der Waals surface area contributed by atoms with E-state index < -0.39 is 16.2 Å². The SMILES string of the molecule is CC(=O)ON(Cc1ccc(OCCc2coc(-c3ccccc3)n2)cc1)S(=O)(=O)N(C)C. The van der Waals surface area contributed by atoms with Crippen LogP contribution < -0.4 is 4.74 Å². The van der Waals surface area contributed by atoms with Crippen molar-refractivity contribution in [3.05, 3.63) is 72.1 Å². The van der Waals surface area contributed by atoms with Crippen LogP contribution in [0.15, 0.2) is 65.3 Å². The van der Waals surface area contributed by atoms with E-state index in [1.807, 2.05) is 30.3 Å². The minimum Gasteiger partial charge on any atom is -0.493 e. The largest absolute Gasteiger partial charge is 0.493 e. The number of nitrogens with zero attached hydrogens (tertiary/aromatic N) is 3. The summed E-state index contributed by atoms with van der Waals surface area (Å²) < 4.78 is 37.6. The minimum atomic E-state index is -3.93. The van der Waals surface area contributed by atoms with Gasteiger partial charge in [0.1, 0.15) is 12.0 Å².